The molecule has 2 aromatic heterocycles. The van der Waals surface area contributed by atoms with E-state index in [1.807, 2.05) is 6.07 Å². The van der Waals surface area contributed by atoms with Gasteiger partial charge in [-0.3, -0.25) is 9.89 Å². The van der Waals surface area contributed by atoms with Crippen LogP contribution in [0.15, 0.2) is 28.6 Å². The monoisotopic (exact) mass is 289 g/mol. The number of ether oxygens (including phenoxy) is 2. The topological polar surface area (TPSA) is 77.1 Å². The van der Waals surface area contributed by atoms with Gasteiger partial charge in [0, 0.05) is 16.1 Å². The molecule has 0 aliphatic carbocycles. The maximum atomic E-state index is 12.6. The Morgan fingerprint density at radius 3 is 2.75 bits per heavy atom. The fourth-order valence-corrected chi connectivity index (χ4v) is 2.92. The summed E-state index contributed by atoms with van der Waals surface area (Å²) in [7, 11) is 3.10. The van der Waals surface area contributed by atoms with Crippen LogP contribution in [0.1, 0.15) is 0 Å². The summed E-state index contributed by atoms with van der Waals surface area (Å²) >= 11 is 1.42. The van der Waals surface area contributed by atoms with Crippen molar-refractivity contribution in [3.05, 3.63) is 34.1 Å². The molecule has 0 saturated heterocycles. The summed E-state index contributed by atoms with van der Waals surface area (Å²) in [6.07, 6.45) is 1.44. The molecule has 0 aliphatic heterocycles. The number of H-pyrrole nitrogens is 1. The molecule has 0 amide bonds. The smallest absolute Gasteiger partial charge is 0.202 e. The average Bonchev–Trinajstić information content (AvgIpc) is 3.00. The first-order chi connectivity index (χ1) is 9.74. The molecule has 102 valence electrons. The van der Waals surface area contributed by atoms with Crippen LogP contribution in [-0.4, -0.2) is 29.4 Å². The van der Waals surface area contributed by atoms with Crippen LogP contribution >= 0.6 is 11.3 Å². The van der Waals surface area contributed by atoms with Gasteiger partial charge in [0.25, 0.3) is 0 Å². The van der Waals surface area contributed by atoms with E-state index in [4.69, 9.17) is 9.47 Å². The van der Waals surface area contributed by atoms with Crippen LogP contribution in [-0.2, 0) is 0 Å². The molecule has 1 N–H and O–H groups in total. The lowest BCUT2D eigenvalue weighted by molar-refractivity contribution is 0.398. The lowest BCUT2D eigenvalue weighted by Crippen LogP contribution is -2.06. The number of fused-ring (bicyclic) bond motifs is 1. The highest BCUT2D eigenvalue weighted by Crippen LogP contribution is 2.32. The van der Waals surface area contributed by atoms with Crippen molar-refractivity contribution in [3.8, 4) is 22.9 Å². The van der Waals surface area contributed by atoms with Crippen molar-refractivity contribution >= 4 is 21.4 Å². The molecule has 0 saturated carbocycles. The van der Waals surface area contributed by atoms with Crippen molar-refractivity contribution < 1.29 is 9.47 Å². The Morgan fingerprint density at radius 1 is 1.25 bits per heavy atom. The molecule has 3 rings (SSSR count). The summed E-state index contributed by atoms with van der Waals surface area (Å²) < 4.78 is 11.3. The van der Waals surface area contributed by atoms with E-state index in [-0.39, 0.29) is 5.43 Å². The lowest BCUT2D eigenvalue weighted by Gasteiger charge is -2.08. The molecule has 2 heterocycles. The molecule has 3 aromatic rings. The average molecular weight is 289 g/mol. The van der Waals surface area contributed by atoms with Crippen LogP contribution in [0.25, 0.3) is 21.5 Å². The van der Waals surface area contributed by atoms with Crippen molar-refractivity contribution in [1.29, 1.82) is 0 Å². The molecule has 0 bridgehead atoms. The number of rotatable bonds is 3. The predicted molar refractivity (Wildman–Crippen MR) is 76.6 cm³/mol. The van der Waals surface area contributed by atoms with Crippen LogP contribution < -0.4 is 14.9 Å². The van der Waals surface area contributed by atoms with Gasteiger partial charge >= 0.3 is 0 Å². The van der Waals surface area contributed by atoms with E-state index in [9.17, 15) is 4.79 Å². The van der Waals surface area contributed by atoms with Gasteiger partial charge in [0.1, 0.15) is 17.8 Å². The molecular formula is C13H11N3O3S. The van der Waals surface area contributed by atoms with Crippen molar-refractivity contribution in [3.63, 3.8) is 0 Å². The van der Waals surface area contributed by atoms with Gasteiger partial charge in [-0.2, -0.15) is 5.10 Å². The van der Waals surface area contributed by atoms with E-state index in [1.165, 1.54) is 24.8 Å². The fourth-order valence-electron chi connectivity index (χ4n) is 1.96. The number of hydrogen-bond donors (Lipinski definition) is 1. The van der Waals surface area contributed by atoms with Crippen molar-refractivity contribution in [1.82, 2.24) is 15.2 Å². The number of nitrogens with one attached hydrogen (secondary N) is 1. The Kier molecular flexibility index (Phi) is 3.11. The Labute approximate surface area is 118 Å². The second-order valence-corrected chi connectivity index (χ2v) is 4.92. The van der Waals surface area contributed by atoms with E-state index < -0.39 is 0 Å². The van der Waals surface area contributed by atoms with Crippen molar-refractivity contribution in [2.75, 3.05) is 14.2 Å². The maximum absolute atomic E-state index is 12.6. The normalized spacial score (nSPS) is 10.7. The predicted octanol–water partition coefficient (Wildman–Crippen LogP) is 2.06. The Bertz CT molecular complexity index is 812. The first-order valence-corrected chi connectivity index (χ1v) is 6.66. The van der Waals surface area contributed by atoms with Crippen LogP contribution in [0.4, 0.5) is 0 Å². The zero-order valence-electron chi connectivity index (χ0n) is 10.8. The highest BCUT2D eigenvalue weighted by Gasteiger charge is 2.15. The molecule has 0 fully saturated rings. The molecule has 0 unspecified atom stereocenters. The van der Waals surface area contributed by atoms with E-state index in [0.717, 1.165) is 4.70 Å². The summed E-state index contributed by atoms with van der Waals surface area (Å²) in [6, 6.07) is 3.50. The zero-order valence-corrected chi connectivity index (χ0v) is 11.7. The minimum absolute atomic E-state index is 0.155. The van der Waals surface area contributed by atoms with Gasteiger partial charge in [0.15, 0.2) is 5.82 Å². The van der Waals surface area contributed by atoms with E-state index in [2.05, 4.69) is 15.2 Å². The van der Waals surface area contributed by atoms with E-state index >= 15 is 0 Å². The SMILES string of the molecule is COc1cc(OC)c2c(=O)c(-c3nc[nH]n3)csc2c1. The van der Waals surface area contributed by atoms with Gasteiger partial charge in [-0.15, -0.1) is 11.3 Å². The number of aromatic nitrogens is 3. The summed E-state index contributed by atoms with van der Waals surface area (Å²) in [6.45, 7) is 0. The molecule has 0 aliphatic rings. The highest BCUT2D eigenvalue weighted by atomic mass is 32.1. The summed E-state index contributed by atoms with van der Waals surface area (Å²) in [5, 5.41) is 8.81. The molecule has 0 radical (unpaired) electrons. The number of methoxy groups -OCH3 is 2. The second kappa shape index (κ2) is 4.93. The third kappa shape index (κ3) is 1.92. The Morgan fingerprint density at radius 2 is 2.10 bits per heavy atom. The zero-order chi connectivity index (χ0) is 14.1. The lowest BCUT2D eigenvalue weighted by atomic mass is 10.1. The number of hydrogen-bond acceptors (Lipinski definition) is 6. The number of aromatic amines is 1. The van der Waals surface area contributed by atoms with E-state index in [1.54, 1.807) is 18.6 Å². The molecule has 1 aromatic carbocycles. The molecule has 7 heteroatoms. The third-order valence-electron chi connectivity index (χ3n) is 2.93. The highest BCUT2D eigenvalue weighted by molar-refractivity contribution is 7.17. The quantitative estimate of drug-likeness (QED) is 0.798. The van der Waals surface area contributed by atoms with Gasteiger partial charge in [-0.05, 0) is 6.07 Å². The first-order valence-electron chi connectivity index (χ1n) is 5.78. The summed E-state index contributed by atoms with van der Waals surface area (Å²) in [5.41, 5.74) is 0.296. The molecule has 0 atom stereocenters. The molecule has 6 nitrogen and oxygen atoms in total. The summed E-state index contributed by atoms with van der Waals surface area (Å²) in [4.78, 5) is 16.6. The molecule has 20 heavy (non-hydrogen) atoms. The van der Waals surface area contributed by atoms with E-state index in [0.29, 0.717) is 28.3 Å². The first kappa shape index (κ1) is 12.6. The van der Waals surface area contributed by atoms with Crippen molar-refractivity contribution in [2.24, 2.45) is 0 Å². The fraction of sp³-hybridized carbons (Fsp3) is 0.154. The minimum atomic E-state index is -0.155. The molecular weight excluding hydrogens is 278 g/mol. The number of benzene rings is 1. The van der Waals surface area contributed by atoms with Crippen LogP contribution in [0.3, 0.4) is 0 Å². The van der Waals surface area contributed by atoms with Gasteiger partial charge in [0.2, 0.25) is 5.43 Å². The van der Waals surface area contributed by atoms with Crippen LogP contribution in [0, 0.1) is 0 Å². The largest absolute Gasteiger partial charge is 0.497 e. The number of nitrogens with zero attached hydrogens (tertiary/aromatic N) is 2. The molecule has 0 spiro atoms. The minimum Gasteiger partial charge on any atom is -0.497 e. The van der Waals surface area contributed by atoms with Gasteiger partial charge < -0.3 is 9.47 Å². The Balaban J connectivity index is 2.35. The van der Waals surface area contributed by atoms with Gasteiger partial charge in [0.05, 0.1) is 25.2 Å². The Hall–Kier alpha value is -2.41. The van der Waals surface area contributed by atoms with Crippen LogP contribution in [0.2, 0.25) is 0 Å². The van der Waals surface area contributed by atoms with Crippen molar-refractivity contribution in [2.45, 2.75) is 0 Å². The second-order valence-electron chi connectivity index (χ2n) is 4.00. The van der Waals surface area contributed by atoms with Gasteiger partial charge in [-0.25, -0.2) is 4.98 Å². The standard InChI is InChI=1S/C13H11N3O3S/c1-18-7-3-9(19-2)11-10(4-7)20-5-8(12(11)17)13-14-6-15-16-13/h3-6H,1-2H3,(H,14,15,16). The third-order valence-corrected chi connectivity index (χ3v) is 3.86. The van der Waals surface area contributed by atoms with Crippen LogP contribution in [0.5, 0.6) is 11.5 Å². The maximum Gasteiger partial charge on any atom is 0.202 e. The van der Waals surface area contributed by atoms with Gasteiger partial charge in [-0.1, -0.05) is 0 Å². The summed E-state index contributed by atoms with van der Waals surface area (Å²) in [5.74, 6) is 1.51.